The molecule has 2 rings (SSSR count). The topological polar surface area (TPSA) is 75.4 Å². The summed E-state index contributed by atoms with van der Waals surface area (Å²) in [6, 6.07) is 4.76. The van der Waals surface area contributed by atoms with Gasteiger partial charge in [0.15, 0.2) is 0 Å². The zero-order chi connectivity index (χ0) is 15.4. The maximum absolute atomic E-state index is 13.4. The SMILES string of the molecule is Cc1ccc(NCC(=O)N2CCCC(C(N)=O)C2)cc1F. The lowest BCUT2D eigenvalue weighted by atomic mass is 9.97. The molecule has 1 aliphatic heterocycles. The number of carbonyl (C=O) groups is 2. The number of rotatable bonds is 4. The van der Waals surface area contributed by atoms with Gasteiger partial charge in [-0.3, -0.25) is 9.59 Å². The molecular formula is C15H20FN3O2. The lowest BCUT2D eigenvalue weighted by molar-refractivity contribution is -0.133. The molecule has 1 heterocycles. The molecule has 1 aromatic rings. The van der Waals surface area contributed by atoms with Crippen LogP contribution in [0.25, 0.3) is 0 Å². The normalized spacial score (nSPS) is 18.4. The van der Waals surface area contributed by atoms with Crippen LogP contribution in [0.4, 0.5) is 10.1 Å². The smallest absolute Gasteiger partial charge is 0.241 e. The number of likely N-dealkylation sites (tertiary alicyclic amines) is 1. The van der Waals surface area contributed by atoms with Crippen LogP contribution in [-0.2, 0) is 9.59 Å². The van der Waals surface area contributed by atoms with Crippen LogP contribution in [0.5, 0.6) is 0 Å². The number of primary amides is 1. The second-order valence-electron chi connectivity index (χ2n) is 5.40. The van der Waals surface area contributed by atoms with Gasteiger partial charge in [0, 0.05) is 18.8 Å². The molecule has 0 spiro atoms. The van der Waals surface area contributed by atoms with E-state index >= 15 is 0 Å². The maximum atomic E-state index is 13.4. The summed E-state index contributed by atoms with van der Waals surface area (Å²) < 4.78 is 13.4. The van der Waals surface area contributed by atoms with Gasteiger partial charge in [0.05, 0.1) is 12.5 Å². The van der Waals surface area contributed by atoms with Crippen molar-refractivity contribution in [1.29, 1.82) is 0 Å². The Morgan fingerprint density at radius 3 is 2.90 bits per heavy atom. The molecule has 6 heteroatoms. The Morgan fingerprint density at radius 1 is 1.48 bits per heavy atom. The van der Waals surface area contributed by atoms with E-state index in [9.17, 15) is 14.0 Å². The van der Waals surface area contributed by atoms with E-state index in [0.29, 0.717) is 24.3 Å². The molecule has 1 aliphatic rings. The van der Waals surface area contributed by atoms with E-state index in [2.05, 4.69) is 5.32 Å². The van der Waals surface area contributed by atoms with Gasteiger partial charge in [-0.25, -0.2) is 4.39 Å². The molecule has 1 fully saturated rings. The predicted molar refractivity (Wildman–Crippen MR) is 78.1 cm³/mol. The van der Waals surface area contributed by atoms with Gasteiger partial charge in [0.1, 0.15) is 5.82 Å². The molecule has 0 saturated carbocycles. The van der Waals surface area contributed by atoms with E-state index in [-0.39, 0.29) is 30.1 Å². The highest BCUT2D eigenvalue weighted by molar-refractivity contribution is 5.82. The number of nitrogens with zero attached hydrogens (tertiary/aromatic N) is 1. The number of carbonyl (C=O) groups excluding carboxylic acids is 2. The van der Waals surface area contributed by atoms with Crippen molar-refractivity contribution in [3.63, 3.8) is 0 Å². The molecule has 2 amide bonds. The van der Waals surface area contributed by atoms with Gasteiger partial charge >= 0.3 is 0 Å². The van der Waals surface area contributed by atoms with Gasteiger partial charge in [-0.1, -0.05) is 6.07 Å². The zero-order valence-corrected chi connectivity index (χ0v) is 12.1. The van der Waals surface area contributed by atoms with E-state index in [4.69, 9.17) is 5.73 Å². The van der Waals surface area contributed by atoms with E-state index in [1.54, 1.807) is 24.0 Å². The molecule has 1 aromatic carbocycles. The average molecular weight is 293 g/mol. The van der Waals surface area contributed by atoms with Crippen LogP contribution in [0.3, 0.4) is 0 Å². The zero-order valence-electron chi connectivity index (χ0n) is 12.1. The van der Waals surface area contributed by atoms with Crippen LogP contribution < -0.4 is 11.1 Å². The Hall–Kier alpha value is -2.11. The van der Waals surface area contributed by atoms with E-state index in [1.165, 1.54) is 6.07 Å². The van der Waals surface area contributed by atoms with Gasteiger partial charge in [-0.05, 0) is 37.5 Å². The van der Waals surface area contributed by atoms with Gasteiger partial charge in [-0.2, -0.15) is 0 Å². The number of halogens is 1. The summed E-state index contributed by atoms with van der Waals surface area (Å²) in [6.07, 6.45) is 1.51. The van der Waals surface area contributed by atoms with Crippen LogP contribution in [0.1, 0.15) is 18.4 Å². The summed E-state index contributed by atoms with van der Waals surface area (Å²) in [4.78, 5) is 24.9. The number of hydrogen-bond donors (Lipinski definition) is 2. The van der Waals surface area contributed by atoms with Crippen LogP contribution in [-0.4, -0.2) is 36.3 Å². The van der Waals surface area contributed by atoms with Crippen molar-refractivity contribution in [2.75, 3.05) is 25.0 Å². The minimum absolute atomic E-state index is 0.0774. The quantitative estimate of drug-likeness (QED) is 0.878. The van der Waals surface area contributed by atoms with E-state index in [1.807, 2.05) is 0 Å². The fourth-order valence-electron chi connectivity index (χ4n) is 2.43. The number of benzene rings is 1. The molecule has 1 atom stereocenters. The van der Waals surface area contributed by atoms with Gasteiger partial charge in [0.25, 0.3) is 0 Å². The number of hydrogen-bond acceptors (Lipinski definition) is 3. The van der Waals surface area contributed by atoms with Crippen molar-refractivity contribution in [2.45, 2.75) is 19.8 Å². The van der Waals surface area contributed by atoms with Gasteiger partial charge in [0.2, 0.25) is 11.8 Å². The summed E-state index contributed by atoms with van der Waals surface area (Å²) in [7, 11) is 0. The van der Waals surface area contributed by atoms with E-state index in [0.717, 1.165) is 12.8 Å². The third kappa shape index (κ3) is 3.93. The second-order valence-corrected chi connectivity index (χ2v) is 5.40. The lowest BCUT2D eigenvalue weighted by Gasteiger charge is -2.31. The molecule has 0 radical (unpaired) electrons. The minimum Gasteiger partial charge on any atom is -0.376 e. The molecule has 0 aliphatic carbocycles. The molecule has 21 heavy (non-hydrogen) atoms. The van der Waals surface area contributed by atoms with E-state index < -0.39 is 0 Å². The molecule has 114 valence electrons. The first kappa shape index (κ1) is 15.3. The Morgan fingerprint density at radius 2 is 2.24 bits per heavy atom. The first-order valence-corrected chi connectivity index (χ1v) is 7.04. The van der Waals surface area contributed by atoms with Crippen molar-refractivity contribution in [3.8, 4) is 0 Å². The minimum atomic E-state index is -0.360. The number of nitrogens with one attached hydrogen (secondary N) is 1. The molecule has 0 aromatic heterocycles. The molecule has 0 bridgehead atoms. The number of nitrogens with two attached hydrogens (primary N) is 1. The largest absolute Gasteiger partial charge is 0.376 e. The fraction of sp³-hybridized carbons (Fsp3) is 0.467. The number of anilines is 1. The van der Waals surface area contributed by atoms with Crippen molar-refractivity contribution < 1.29 is 14.0 Å². The number of amides is 2. The molecule has 5 nitrogen and oxygen atoms in total. The third-order valence-electron chi connectivity index (χ3n) is 3.79. The fourth-order valence-corrected chi connectivity index (χ4v) is 2.43. The average Bonchev–Trinajstić information content (AvgIpc) is 2.48. The van der Waals surface area contributed by atoms with Crippen LogP contribution in [0, 0.1) is 18.7 Å². The molecular weight excluding hydrogens is 273 g/mol. The van der Waals surface area contributed by atoms with Gasteiger partial charge in [-0.15, -0.1) is 0 Å². The third-order valence-corrected chi connectivity index (χ3v) is 3.79. The first-order chi connectivity index (χ1) is 9.97. The Bertz CT molecular complexity index is 548. The Balaban J connectivity index is 1.89. The van der Waals surface area contributed by atoms with Crippen molar-refractivity contribution >= 4 is 17.5 Å². The van der Waals surface area contributed by atoms with Crippen LogP contribution in [0.15, 0.2) is 18.2 Å². The summed E-state index contributed by atoms with van der Waals surface area (Å²) in [5.41, 5.74) is 6.42. The number of aryl methyl sites for hydroxylation is 1. The van der Waals surface area contributed by atoms with Crippen molar-refractivity contribution in [2.24, 2.45) is 11.7 Å². The summed E-state index contributed by atoms with van der Waals surface area (Å²) in [6.45, 7) is 2.76. The van der Waals surface area contributed by atoms with Crippen LogP contribution in [0.2, 0.25) is 0 Å². The lowest BCUT2D eigenvalue weighted by Crippen LogP contribution is -2.45. The predicted octanol–water partition coefficient (Wildman–Crippen LogP) is 1.27. The molecule has 3 N–H and O–H groups in total. The van der Waals surface area contributed by atoms with Crippen molar-refractivity contribution in [3.05, 3.63) is 29.6 Å². The van der Waals surface area contributed by atoms with Gasteiger partial charge < -0.3 is 16.0 Å². The highest BCUT2D eigenvalue weighted by Crippen LogP contribution is 2.17. The monoisotopic (exact) mass is 293 g/mol. The summed E-state index contributed by atoms with van der Waals surface area (Å²) >= 11 is 0. The standard InChI is InChI=1S/C15H20FN3O2/c1-10-4-5-12(7-13(10)16)18-8-14(20)19-6-2-3-11(9-19)15(17)21/h4-5,7,11,18H,2-3,6,8-9H2,1H3,(H2,17,21). The van der Waals surface area contributed by atoms with Crippen molar-refractivity contribution in [1.82, 2.24) is 4.90 Å². The highest BCUT2D eigenvalue weighted by atomic mass is 19.1. The molecule has 1 unspecified atom stereocenters. The Kier molecular flexibility index (Phi) is 4.77. The highest BCUT2D eigenvalue weighted by Gasteiger charge is 2.26. The molecule has 1 saturated heterocycles. The first-order valence-electron chi connectivity index (χ1n) is 7.04. The summed E-state index contributed by atoms with van der Waals surface area (Å²) in [5.74, 6) is -1.04. The van der Waals surface area contributed by atoms with Crippen LogP contribution >= 0.6 is 0 Å². The maximum Gasteiger partial charge on any atom is 0.241 e. The Labute approximate surface area is 123 Å². The number of piperidine rings is 1. The summed E-state index contributed by atoms with van der Waals surface area (Å²) in [5, 5.41) is 2.91. The second kappa shape index (κ2) is 6.56.